The van der Waals surface area contributed by atoms with E-state index in [0.29, 0.717) is 40.8 Å². The predicted octanol–water partition coefficient (Wildman–Crippen LogP) is 3.12. The smallest absolute Gasteiger partial charge is 1.00 e. The molecule has 1 fully saturated rings. The van der Waals surface area contributed by atoms with Gasteiger partial charge in [-0.25, -0.2) is 0 Å². The minimum Gasteiger partial charge on any atom is -1.00 e. The molecular formula is C21H26Cl3NO2. The van der Waals surface area contributed by atoms with Crippen molar-refractivity contribution < 1.29 is 23.3 Å². The molecule has 1 saturated carbocycles. The standard InChI is InChI=1S/C21H25Cl2NO2.ClH/c1-2-25-20-12-15(13-24-17-8-4-5-9-17)11-19(23)21(20)26-14-16-7-3-6-10-18(16)22;/h3,6-7,10-12,17,24H,2,4-5,8-9,13-14H2,1H3;1H. The van der Waals surface area contributed by atoms with Crippen molar-refractivity contribution in [1.29, 1.82) is 0 Å². The molecule has 27 heavy (non-hydrogen) atoms. The van der Waals surface area contributed by atoms with Crippen LogP contribution in [-0.4, -0.2) is 12.6 Å². The number of benzene rings is 2. The van der Waals surface area contributed by atoms with Crippen LogP contribution in [0.3, 0.4) is 0 Å². The molecule has 0 radical (unpaired) electrons. The van der Waals surface area contributed by atoms with E-state index < -0.39 is 0 Å². The SMILES string of the molecule is CCOc1cc(CNC2CCCC2)cc(Cl)c1OCc1ccccc1Cl.[Cl-].[H+]. The van der Waals surface area contributed by atoms with Gasteiger partial charge in [-0.15, -0.1) is 0 Å². The Bertz CT molecular complexity index is 740. The lowest BCUT2D eigenvalue weighted by Gasteiger charge is -2.17. The van der Waals surface area contributed by atoms with Gasteiger partial charge in [0.2, 0.25) is 0 Å². The molecule has 0 amide bonds. The molecule has 3 nitrogen and oxygen atoms in total. The minimum atomic E-state index is 0. The number of nitrogens with one attached hydrogen (secondary N) is 1. The molecule has 0 unspecified atom stereocenters. The molecule has 0 saturated heterocycles. The highest BCUT2D eigenvalue weighted by molar-refractivity contribution is 6.32. The number of halogens is 3. The van der Waals surface area contributed by atoms with Crippen LogP contribution in [0.15, 0.2) is 36.4 Å². The number of rotatable bonds is 8. The largest absolute Gasteiger partial charge is 1.00 e. The van der Waals surface area contributed by atoms with E-state index in [0.717, 1.165) is 17.7 Å². The van der Waals surface area contributed by atoms with Crippen LogP contribution >= 0.6 is 23.2 Å². The Balaban J connectivity index is 0.00000196. The summed E-state index contributed by atoms with van der Waals surface area (Å²) in [6.45, 7) is 3.64. The fourth-order valence-corrected chi connectivity index (χ4v) is 3.76. The Labute approximate surface area is 179 Å². The van der Waals surface area contributed by atoms with Crippen LogP contribution in [0.4, 0.5) is 0 Å². The average Bonchev–Trinajstić information content (AvgIpc) is 3.14. The van der Waals surface area contributed by atoms with Crippen LogP contribution in [0.5, 0.6) is 11.5 Å². The molecule has 0 atom stereocenters. The fourth-order valence-electron chi connectivity index (χ4n) is 3.28. The highest BCUT2D eigenvalue weighted by Gasteiger charge is 2.16. The Hall–Kier alpha value is -1.13. The Morgan fingerprint density at radius 2 is 1.81 bits per heavy atom. The van der Waals surface area contributed by atoms with Gasteiger partial charge in [-0.2, -0.15) is 0 Å². The van der Waals surface area contributed by atoms with Crippen LogP contribution in [0, 0.1) is 0 Å². The first-order valence-corrected chi connectivity index (χ1v) is 9.97. The summed E-state index contributed by atoms with van der Waals surface area (Å²) in [4.78, 5) is 0. The van der Waals surface area contributed by atoms with E-state index in [2.05, 4.69) is 5.32 Å². The molecule has 148 valence electrons. The van der Waals surface area contributed by atoms with E-state index in [9.17, 15) is 0 Å². The van der Waals surface area contributed by atoms with Gasteiger partial charge in [0.1, 0.15) is 6.61 Å². The summed E-state index contributed by atoms with van der Waals surface area (Å²) in [6, 6.07) is 12.2. The van der Waals surface area contributed by atoms with Crippen molar-refractivity contribution >= 4 is 23.2 Å². The lowest BCUT2D eigenvalue weighted by atomic mass is 10.1. The summed E-state index contributed by atoms with van der Waals surface area (Å²) in [7, 11) is 0. The van der Waals surface area contributed by atoms with Gasteiger partial charge in [0, 0.05) is 23.2 Å². The molecule has 3 rings (SSSR count). The first-order valence-electron chi connectivity index (χ1n) is 9.22. The van der Waals surface area contributed by atoms with Crippen LogP contribution in [-0.2, 0) is 13.2 Å². The summed E-state index contributed by atoms with van der Waals surface area (Å²) >= 11 is 12.7. The van der Waals surface area contributed by atoms with Gasteiger partial charge in [-0.05, 0) is 43.5 Å². The first-order chi connectivity index (χ1) is 12.7. The third-order valence-electron chi connectivity index (χ3n) is 4.65. The van der Waals surface area contributed by atoms with Crippen molar-refractivity contribution in [2.24, 2.45) is 0 Å². The molecule has 1 aliphatic rings. The van der Waals surface area contributed by atoms with Crippen LogP contribution < -0.4 is 27.2 Å². The zero-order chi connectivity index (χ0) is 18.4. The van der Waals surface area contributed by atoms with Crippen molar-refractivity contribution in [2.45, 2.75) is 51.8 Å². The monoisotopic (exact) mass is 429 g/mol. The molecule has 2 aromatic carbocycles. The zero-order valence-electron chi connectivity index (χ0n) is 16.4. The molecule has 0 aromatic heterocycles. The van der Waals surface area contributed by atoms with E-state index in [-0.39, 0.29) is 13.8 Å². The molecule has 1 N–H and O–H groups in total. The van der Waals surface area contributed by atoms with Gasteiger partial charge in [-0.1, -0.05) is 54.2 Å². The van der Waals surface area contributed by atoms with E-state index in [1.54, 1.807) is 0 Å². The average molecular weight is 431 g/mol. The maximum Gasteiger partial charge on any atom is 1.00 e. The van der Waals surface area contributed by atoms with Crippen LogP contribution in [0.25, 0.3) is 0 Å². The molecule has 0 bridgehead atoms. The predicted molar refractivity (Wildman–Crippen MR) is 109 cm³/mol. The van der Waals surface area contributed by atoms with Crippen LogP contribution in [0.2, 0.25) is 10.0 Å². The highest BCUT2D eigenvalue weighted by atomic mass is 35.5. The molecule has 1 aliphatic carbocycles. The summed E-state index contributed by atoms with van der Waals surface area (Å²) in [5.74, 6) is 1.24. The fraction of sp³-hybridized carbons (Fsp3) is 0.429. The Morgan fingerprint density at radius 1 is 1.07 bits per heavy atom. The maximum atomic E-state index is 6.51. The Kier molecular flexibility index (Phi) is 9.04. The van der Waals surface area contributed by atoms with Crippen molar-refractivity contribution in [3.05, 3.63) is 57.6 Å². The lowest BCUT2D eigenvalue weighted by Crippen LogP contribution is -3.00. The maximum absolute atomic E-state index is 6.51. The van der Waals surface area contributed by atoms with E-state index >= 15 is 0 Å². The van der Waals surface area contributed by atoms with Crippen molar-refractivity contribution in [3.8, 4) is 11.5 Å². The van der Waals surface area contributed by atoms with Gasteiger partial charge in [0.15, 0.2) is 11.5 Å². The van der Waals surface area contributed by atoms with Gasteiger partial charge < -0.3 is 27.2 Å². The van der Waals surface area contributed by atoms with Gasteiger partial charge >= 0.3 is 1.43 Å². The number of hydrogen-bond donors (Lipinski definition) is 1. The van der Waals surface area contributed by atoms with Gasteiger partial charge in [0.25, 0.3) is 0 Å². The van der Waals surface area contributed by atoms with Crippen molar-refractivity contribution in [1.82, 2.24) is 5.32 Å². The second-order valence-electron chi connectivity index (χ2n) is 6.58. The van der Waals surface area contributed by atoms with E-state index in [1.165, 1.54) is 25.7 Å². The molecular weight excluding hydrogens is 405 g/mol. The third kappa shape index (κ3) is 6.18. The summed E-state index contributed by atoms with van der Waals surface area (Å²) in [5.41, 5.74) is 2.02. The summed E-state index contributed by atoms with van der Waals surface area (Å²) in [6.07, 6.45) is 5.14. The highest BCUT2D eigenvalue weighted by Crippen LogP contribution is 2.37. The Morgan fingerprint density at radius 3 is 2.52 bits per heavy atom. The molecule has 0 heterocycles. The third-order valence-corrected chi connectivity index (χ3v) is 5.30. The lowest BCUT2D eigenvalue weighted by molar-refractivity contribution is -0.00000597. The second kappa shape index (κ2) is 11.0. The summed E-state index contributed by atoms with van der Waals surface area (Å²) in [5, 5.41) is 4.85. The molecule has 0 aliphatic heterocycles. The van der Waals surface area contributed by atoms with E-state index in [1.807, 2.05) is 43.3 Å². The number of ether oxygens (including phenoxy) is 2. The zero-order valence-corrected chi connectivity index (χ0v) is 17.7. The first kappa shape index (κ1) is 22.2. The molecule has 0 spiro atoms. The second-order valence-corrected chi connectivity index (χ2v) is 7.39. The van der Waals surface area contributed by atoms with Crippen molar-refractivity contribution in [2.75, 3.05) is 6.61 Å². The van der Waals surface area contributed by atoms with Gasteiger partial charge in [0.05, 0.1) is 11.6 Å². The van der Waals surface area contributed by atoms with Gasteiger partial charge in [-0.3, -0.25) is 0 Å². The normalized spacial score (nSPS) is 14.0. The van der Waals surface area contributed by atoms with E-state index in [4.69, 9.17) is 32.7 Å². The molecule has 2 aromatic rings. The molecule has 6 heteroatoms. The van der Waals surface area contributed by atoms with Crippen LogP contribution in [0.1, 0.15) is 45.2 Å². The topological polar surface area (TPSA) is 30.5 Å². The van der Waals surface area contributed by atoms with Crippen molar-refractivity contribution in [3.63, 3.8) is 0 Å². The minimum absolute atomic E-state index is 0. The summed E-state index contributed by atoms with van der Waals surface area (Å²) < 4.78 is 11.7. The quantitative estimate of drug-likeness (QED) is 0.698. The number of hydrogen-bond acceptors (Lipinski definition) is 3.